The molecular weight excluding hydrogens is 795 g/mol. The Morgan fingerprint density at radius 3 is 1.18 bits per heavy atom. The van der Waals surface area contributed by atoms with Crippen molar-refractivity contribution < 1.29 is 0 Å². The zero-order valence-corrected chi connectivity index (χ0v) is 37.0. The van der Waals surface area contributed by atoms with Gasteiger partial charge in [-0.25, -0.2) is 0 Å². The van der Waals surface area contributed by atoms with Gasteiger partial charge in [0.1, 0.15) is 0 Å². The van der Waals surface area contributed by atoms with Crippen LogP contribution in [-0.2, 0) is 16.2 Å². The van der Waals surface area contributed by atoms with Gasteiger partial charge in [0.05, 0.1) is 16.5 Å². The van der Waals surface area contributed by atoms with E-state index in [0.29, 0.717) is 0 Å². The second kappa shape index (κ2) is 13.5. The molecule has 4 aliphatic carbocycles. The van der Waals surface area contributed by atoms with Gasteiger partial charge in [0.25, 0.3) is 0 Å². The van der Waals surface area contributed by atoms with E-state index in [1.165, 1.54) is 100 Å². The number of rotatable bonds is 4. The maximum atomic E-state index is 2.53. The van der Waals surface area contributed by atoms with E-state index < -0.39 is 10.8 Å². The predicted molar refractivity (Wildman–Crippen MR) is 272 cm³/mol. The molecule has 0 bridgehead atoms. The first-order valence-electron chi connectivity index (χ1n) is 23.3. The molecule has 4 aliphatic rings. The monoisotopic (exact) mass is 839 g/mol. The van der Waals surface area contributed by atoms with Gasteiger partial charge >= 0.3 is 0 Å². The lowest BCUT2D eigenvalue weighted by atomic mass is 9.55. The third kappa shape index (κ3) is 4.64. The molecule has 0 N–H and O–H groups in total. The predicted octanol–water partition coefficient (Wildman–Crippen LogP) is 16.2. The highest BCUT2D eigenvalue weighted by molar-refractivity contribution is 5.97. The van der Waals surface area contributed by atoms with E-state index in [0.717, 1.165) is 17.1 Å². The van der Waals surface area contributed by atoms with Gasteiger partial charge in [-0.1, -0.05) is 214 Å². The SMILES string of the molecule is CC1(C)c2ccccc2C2(c3ccccc3-c3ccccc32)c2ccc(-c3ccccc3N(c3ccccc3)c3ccc4c(c3)C3(c5ccccc5-c5ccccc53)c3ccccc3-4)cc21. The molecule has 10 aromatic carbocycles. The van der Waals surface area contributed by atoms with Crippen LogP contribution in [0.3, 0.4) is 0 Å². The summed E-state index contributed by atoms with van der Waals surface area (Å²) >= 11 is 0. The molecule has 0 atom stereocenters. The van der Waals surface area contributed by atoms with E-state index in [9.17, 15) is 0 Å². The van der Waals surface area contributed by atoms with Gasteiger partial charge in [0.2, 0.25) is 0 Å². The van der Waals surface area contributed by atoms with E-state index in [1.807, 2.05) is 0 Å². The fraction of sp³-hybridized carbons (Fsp3) is 0.0769. The van der Waals surface area contributed by atoms with Crippen LogP contribution >= 0.6 is 0 Å². The fourth-order valence-corrected chi connectivity index (χ4v) is 13.2. The van der Waals surface area contributed by atoms with Crippen LogP contribution in [0, 0.1) is 0 Å². The van der Waals surface area contributed by atoms with Gasteiger partial charge in [-0.15, -0.1) is 0 Å². The number of nitrogens with zero attached hydrogens (tertiary/aromatic N) is 1. The molecule has 2 spiro atoms. The molecule has 0 fully saturated rings. The first-order chi connectivity index (χ1) is 32.5. The number of benzene rings is 10. The molecule has 0 heterocycles. The summed E-state index contributed by atoms with van der Waals surface area (Å²) in [5.74, 6) is 0. The van der Waals surface area contributed by atoms with Gasteiger partial charge in [-0.3, -0.25) is 0 Å². The molecule has 66 heavy (non-hydrogen) atoms. The van der Waals surface area contributed by atoms with E-state index in [1.54, 1.807) is 0 Å². The fourth-order valence-electron chi connectivity index (χ4n) is 13.2. The molecule has 10 aromatic rings. The Labute approximate surface area is 387 Å². The summed E-state index contributed by atoms with van der Waals surface area (Å²) in [4.78, 5) is 2.49. The Kier molecular flexibility index (Phi) is 7.66. The third-order valence-corrected chi connectivity index (χ3v) is 15.8. The molecule has 1 nitrogen and oxygen atoms in total. The van der Waals surface area contributed by atoms with Crippen LogP contribution in [0.1, 0.15) is 69.5 Å². The van der Waals surface area contributed by atoms with Crippen molar-refractivity contribution >= 4 is 17.1 Å². The largest absolute Gasteiger partial charge is 0.310 e. The highest BCUT2D eigenvalue weighted by Crippen LogP contribution is 2.65. The van der Waals surface area contributed by atoms with E-state index >= 15 is 0 Å². The van der Waals surface area contributed by atoms with Crippen LogP contribution in [0.2, 0.25) is 0 Å². The smallest absolute Gasteiger partial charge is 0.0726 e. The highest BCUT2D eigenvalue weighted by atomic mass is 15.1. The van der Waals surface area contributed by atoms with Crippen LogP contribution in [-0.4, -0.2) is 0 Å². The summed E-state index contributed by atoms with van der Waals surface area (Å²) in [5, 5.41) is 0. The van der Waals surface area contributed by atoms with Crippen molar-refractivity contribution in [2.24, 2.45) is 0 Å². The van der Waals surface area contributed by atoms with Crippen molar-refractivity contribution in [3.05, 3.63) is 292 Å². The molecule has 0 unspecified atom stereocenters. The minimum atomic E-state index is -0.440. The molecule has 1 heteroatoms. The summed E-state index contributed by atoms with van der Waals surface area (Å²) in [6, 6.07) is 89.3. The minimum absolute atomic E-state index is 0.259. The highest BCUT2D eigenvalue weighted by Gasteiger charge is 2.54. The molecule has 0 amide bonds. The van der Waals surface area contributed by atoms with E-state index in [2.05, 4.69) is 255 Å². The van der Waals surface area contributed by atoms with Gasteiger partial charge in [0.15, 0.2) is 0 Å². The zero-order valence-electron chi connectivity index (χ0n) is 37.0. The zero-order chi connectivity index (χ0) is 43.8. The van der Waals surface area contributed by atoms with Crippen LogP contribution in [0.4, 0.5) is 17.1 Å². The normalized spacial score (nSPS) is 15.2. The first-order valence-corrected chi connectivity index (χ1v) is 23.3. The summed E-state index contributed by atoms with van der Waals surface area (Å²) < 4.78 is 0. The lowest BCUT2D eigenvalue weighted by molar-refractivity contribution is 0.563. The molecule has 0 aromatic heterocycles. The van der Waals surface area contributed by atoms with Crippen molar-refractivity contribution in [3.8, 4) is 44.5 Å². The Balaban J connectivity index is 0.996. The second-order valence-electron chi connectivity index (χ2n) is 19.1. The third-order valence-electron chi connectivity index (χ3n) is 15.8. The average molecular weight is 840 g/mol. The maximum Gasteiger partial charge on any atom is 0.0726 e. The van der Waals surface area contributed by atoms with Crippen molar-refractivity contribution in [1.82, 2.24) is 0 Å². The van der Waals surface area contributed by atoms with Crippen molar-refractivity contribution in [2.75, 3.05) is 4.90 Å². The lowest BCUT2D eigenvalue weighted by Gasteiger charge is -2.47. The topological polar surface area (TPSA) is 3.24 Å². The van der Waals surface area contributed by atoms with Crippen molar-refractivity contribution in [3.63, 3.8) is 0 Å². The number of fused-ring (bicyclic) bond motifs is 19. The molecule has 310 valence electrons. The van der Waals surface area contributed by atoms with E-state index in [-0.39, 0.29) is 5.41 Å². The van der Waals surface area contributed by atoms with Crippen LogP contribution in [0.25, 0.3) is 44.5 Å². The second-order valence-corrected chi connectivity index (χ2v) is 19.1. The quantitative estimate of drug-likeness (QED) is 0.171. The Hall–Kier alpha value is -8.00. The van der Waals surface area contributed by atoms with Crippen LogP contribution in [0.15, 0.2) is 237 Å². The molecule has 0 saturated carbocycles. The summed E-state index contributed by atoms with van der Waals surface area (Å²) in [7, 11) is 0. The van der Waals surface area contributed by atoms with Crippen molar-refractivity contribution in [2.45, 2.75) is 30.1 Å². The molecule has 0 radical (unpaired) electrons. The Morgan fingerprint density at radius 1 is 0.258 bits per heavy atom. The maximum absolute atomic E-state index is 2.53. The minimum Gasteiger partial charge on any atom is -0.310 e. The van der Waals surface area contributed by atoms with Crippen LogP contribution < -0.4 is 4.90 Å². The summed E-state index contributed by atoms with van der Waals surface area (Å²) in [6.45, 7) is 4.85. The van der Waals surface area contributed by atoms with Gasteiger partial charge < -0.3 is 4.90 Å². The molecular formula is C65H45N. The number of anilines is 3. The molecule has 0 saturated heterocycles. The number of hydrogen-bond donors (Lipinski definition) is 0. The van der Waals surface area contributed by atoms with Crippen LogP contribution in [0.5, 0.6) is 0 Å². The van der Waals surface area contributed by atoms with Gasteiger partial charge in [-0.05, 0) is 131 Å². The lowest BCUT2D eigenvalue weighted by Crippen LogP contribution is -2.40. The molecule has 14 rings (SSSR count). The number of hydrogen-bond acceptors (Lipinski definition) is 1. The van der Waals surface area contributed by atoms with Crippen molar-refractivity contribution in [1.29, 1.82) is 0 Å². The summed E-state index contributed by atoms with van der Waals surface area (Å²) in [5.41, 5.74) is 26.1. The Morgan fingerprint density at radius 2 is 0.652 bits per heavy atom. The van der Waals surface area contributed by atoms with E-state index in [4.69, 9.17) is 0 Å². The van der Waals surface area contributed by atoms with Gasteiger partial charge in [0, 0.05) is 22.4 Å². The van der Waals surface area contributed by atoms with Gasteiger partial charge in [-0.2, -0.15) is 0 Å². The Bertz CT molecular complexity index is 3540. The summed E-state index contributed by atoms with van der Waals surface area (Å²) in [6.07, 6.45) is 0. The first kappa shape index (κ1) is 37.4. The standard InChI is InChI=1S/C65H45N/c1-63(2)57-33-17-18-34-58(57)65(55-31-15-8-25-48(55)49-26-9-16-32-56(49)65)59-39-36-42(40-61(59)63)45-22-11-19-35-62(45)66(43-20-4-3-5-21-43)44-37-38-51-50-27-10-14-30-54(50)64(60(51)41-44)52-28-12-6-23-46(52)47-24-7-13-29-53(47)64/h3-41H,1-2H3. The average Bonchev–Trinajstić information content (AvgIpc) is 3.97. The molecule has 0 aliphatic heterocycles. The number of para-hydroxylation sites is 2.